The lowest BCUT2D eigenvalue weighted by Gasteiger charge is -2.28. The summed E-state index contributed by atoms with van der Waals surface area (Å²) in [7, 11) is 0. The van der Waals surface area contributed by atoms with Gasteiger partial charge in [-0.1, -0.05) is 13.8 Å². The molecule has 1 aliphatic heterocycles. The van der Waals surface area contributed by atoms with Gasteiger partial charge in [-0.05, 0) is 12.0 Å². The van der Waals surface area contributed by atoms with Crippen LogP contribution >= 0.6 is 12.6 Å². The van der Waals surface area contributed by atoms with Gasteiger partial charge in [0.05, 0.1) is 0 Å². The molecule has 0 aromatic heterocycles. The van der Waals surface area contributed by atoms with Gasteiger partial charge in [0.1, 0.15) is 0 Å². The maximum Gasteiger partial charge on any atom is 0.223 e. The average molecular weight is 202 g/mol. The van der Waals surface area contributed by atoms with Gasteiger partial charge in [-0.25, -0.2) is 0 Å². The zero-order chi connectivity index (χ0) is 10.1. The van der Waals surface area contributed by atoms with Gasteiger partial charge in [0.25, 0.3) is 0 Å². The second-order valence-corrected chi connectivity index (χ2v) is 5.23. The molecule has 2 N–H and O–H groups in total. The van der Waals surface area contributed by atoms with E-state index >= 15 is 0 Å². The summed E-state index contributed by atoms with van der Waals surface area (Å²) in [5.74, 6) is 0.210. The van der Waals surface area contributed by atoms with Gasteiger partial charge in [0, 0.05) is 24.8 Å². The first kappa shape index (κ1) is 10.9. The highest BCUT2D eigenvalue weighted by Crippen LogP contribution is 2.21. The highest BCUT2D eigenvalue weighted by molar-refractivity contribution is 7.81. The third kappa shape index (κ3) is 2.88. The highest BCUT2D eigenvalue weighted by Gasteiger charge is 2.31. The van der Waals surface area contributed by atoms with Gasteiger partial charge < -0.3 is 10.6 Å². The number of carbonyl (C=O) groups is 1. The Bertz CT molecular complexity index is 206. The number of likely N-dealkylation sites (tertiary alicyclic amines) is 1. The van der Waals surface area contributed by atoms with E-state index in [0.717, 1.165) is 13.1 Å². The summed E-state index contributed by atoms with van der Waals surface area (Å²) in [6, 6.07) is 0. The summed E-state index contributed by atoms with van der Waals surface area (Å²) in [5, 5.41) is 0.209. The fourth-order valence-electron chi connectivity index (χ4n) is 1.49. The minimum Gasteiger partial charge on any atom is -0.341 e. The Hall–Kier alpha value is -0.220. The maximum absolute atomic E-state index is 11.4. The molecule has 0 aromatic rings. The Morgan fingerprint density at radius 1 is 1.69 bits per heavy atom. The summed E-state index contributed by atoms with van der Waals surface area (Å²) in [6.45, 7) is 6.27. The average Bonchev–Trinajstić information content (AvgIpc) is 2.30. The van der Waals surface area contributed by atoms with Crippen LogP contribution in [0.5, 0.6) is 0 Å². The predicted molar refractivity (Wildman–Crippen MR) is 56.8 cm³/mol. The molecule has 76 valence electrons. The lowest BCUT2D eigenvalue weighted by Crippen LogP contribution is -2.39. The first-order valence-electron chi connectivity index (χ1n) is 4.60. The van der Waals surface area contributed by atoms with Gasteiger partial charge in [-0.3, -0.25) is 4.79 Å². The number of amides is 1. The molecule has 1 rings (SSSR count). The first-order chi connectivity index (χ1) is 5.94. The van der Waals surface area contributed by atoms with Crippen molar-refractivity contribution in [2.24, 2.45) is 11.1 Å². The quantitative estimate of drug-likeness (QED) is 0.655. The van der Waals surface area contributed by atoms with Crippen molar-refractivity contribution in [3.63, 3.8) is 0 Å². The van der Waals surface area contributed by atoms with E-state index in [1.54, 1.807) is 0 Å². The Balaban J connectivity index is 2.50. The number of carbonyl (C=O) groups excluding carboxylic acids is 1. The smallest absolute Gasteiger partial charge is 0.223 e. The van der Waals surface area contributed by atoms with Crippen LogP contribution in [0.1, 0.15) is 20.3 Å². The molecule has 0 radical (unpaired) electrons. The predicted octanol–water partition coefficient (Wildman–Crippen LogP) is 0.502. The summed E-state index contributed by atoms with van der Waals surface area (Å²) in [4.78, 5) is 13.3. The molecule has 1 aliphatic rings. The van der Waals surface area contributed by atoms with Crippen molar-refractivity contribution in [1.29, 1.82) is 0 Å². The highest BCUT2D eigenvalue weighted by atomic mass is 32.1. The largest absolute Gasteiger partial charge is 0.341 e. The Kier molecular flexibility index (Phi) is 3.24. The molecule has 13 heavy (non-hydrogen) atoms. The van der Waals surface area contributed by atoms with Crippen molar-refractivity contribution in [3.05, 3.63) is 0 Å². The van der Waals surface area contributed by atoms with Crippen LogP contribution in [0.2, 0.25) is 0 Å². The van der Waals surface area contributed by atoms with Crippen LogP contribution in [0.25, 0.3) is 0 Å². The van der Waals surface area contributed by atoms with Crippen molar-refractivity contribution in [3.8, 4) is 0 Å². The van der Waals surface area contributed by atoms with Crippen LogP contribution in [0, 0.1) is 5.41 Å². The molecule has 0 saturated carbocycles. The summed E-state index contributed by atoms with van der Waals surface area (Å²) in [5.41, 5.74) is 5.63. The fourth-order valence-corrected chi connectivity index (χ4v) is 1.84. The molecule has 3 nitrogen and oxygen atoms in total. The molecule has 4 heteroatoms. The molecule has 1 saturated heterocycles. The third-order valence-corrected chi connectivity index (χ3v) is 2.71. The van der Waals surface area contributed by atoms with Crippen molar-refractivity contribution in [1.82, 2.24) is 4.90 Å². The standard InChI is InChI=1S/C9H18N2OS/c1-9(2,5-10)6-11-4-7(13)3-8(11)12/h7,13H,3-6,10H2,1-2H3. The number of nitrogens with zero attached hydrogens (tertiary/aromatic N) is 1. The number of thiol groups is 1. The SMILES string of the molecule is CC(C)(CN)CN1CC(S)CC1=O. The molecule has 1 amide bonds. The summed E-state index contributed by atoms with van der Waals surface area (Å²) < 4.78 is 0. The summed E-state index contributed by atoms with van der Waals surface area (Å²) in [6.07, 6.45) is 0.573. The zero-order valence-electron chi connectivity index (χ0n) is 8.29. The maximum atomic E-state index is 11.4. The zero-order valence-corrected chi connectivity index (χ0v) is 9.18. The van der Waals surface area contributed by atoms with Crippen LogP contribution in [0.4, 0.5) is 0 Å². The van der Waals surface area contributed by atoms with Crippen LogP contribution in [-0.2, 0) is 4.79 Å². The second-order valence-electron chi connectivity index (χ2n) is 4.50. The molecule has 0 bridgehead atoms. The van der Waals surface area contributed by atoms with Crippen LogP contribution in [-0.4, -0.2) is 35.7 Å². The van der Waals surface area contributed by atoms with Gasteiger partial charge >= 0.3 is 0 Å². The van der Waals surface area contributed by atoms with E-state index in [0.29, 0.717) is 13.0 Å². The van der Waals surface area contributed by atoms with E-state index in [1.165, 1.54) is 0 Å². The number of hydrogen-bond acceptors (Lipinski definition) is 3. The van der Waals surface area contributed by atoms with Gasteiger partial charge in [-0.2, -0.15) is 12.6 Å². The van der Waals surface area contributed by atoms with Crippen molar-refractivity contribution >= 4 is 18.5 Å². The lowest BCUT2D eigenvalue weighted by molar-refractivity contribution is -0.128. The normalized spacial score (nSPS) is 24.2. The summed E-state index contributed by atoms with van der Waals surface area (Å²) >= 11 is 4.30. The topological polar surface area (TPSA) is 46.3 Å². The fraction of sp³-hybridized carbons (Fsp3) is 0.889. The molecular formula is C9H18N2OS. The minimum atomic E-state index is 0.0213. The molecule has 1 fully saturated rings. The van der Waals surface area contributed by atoms with E-state index < -0.39 is 0 Å². The molecule has 0 aliphatic carbocycles. The third-order valence-electron chi connectivity index (χ3n) is 2.37. The van der Waals surface area contributed by atoms with Gasteiger partial charge in [-0.15, -0.1) is 0 Å². The minimum absolute atomic E-state index is 0.0213. The Labute approximate surface area is 85.1 Å². The van der Waals surface area contributed by atoms with E-state index in [4.69, 9.17) is 5.73 Å². The molecule has 1 heterocycles. The molecule has 1 atom stereocenters. The van der Waals surface area contributed by atoms with Crippen LogP contribution in [0.3, 0.4) is 0 Å². The monoisotopic (exact) mass is 202 g/mol. The van der Waals surface area contributed by atoms with Crippen molar-refractivity contribution in [2.45, 2.75) is 25.5 Å². The molecular weight excluding hydrogens is 184 g/mol. The number of hydrogen-bond donors (Lipinski definition) is 2. The van der Waals surface area contributed by atoms with Gasteiger partial charge in [0.2, 0.25) is 5.91 Å². The van der Waals surface area contributed by atoms with E-state index in [1.807, 2.05) is 4.90 Å². The Morgan fingerprint density at radius 3 is 2.69 bits per heavy atom. The molecule has 0 spiro atoms. The van der Waals surface area contributed by atoms with E-state index in [9.17, 15) is 4.79 Å². The van der Waals surface area contributed by atoms with E-state index in [2.05, 4.69) is 26.5 Å². The van der Waals surface area contributed by atoms with Crippen LogP contribution in [0.15, 0.2) is 0 Å². The Morgan fingerprint density at radius 2 is 2.31 bits per heavy atom. The lowest BCUT2D eigenvalue weighted by atomic mass is 9.93. The molecule has 1 unspecified atom stereocenters. The van der Waals surface area contributed by atoms with Gasteiger partial charge in [0.15, 0.2) is 0 Å². The van der Waals surface area contributed by atoms with Crippen molar-refractivity contribution in [2.75, 3.05) is 19.6 Å². The number of nitrogens with two attached hydrogens (primary N) is 1. The van der Waals surface area contributed by atoms with Crippen molar-refractivity contribution < 1.29 is 4.79 Å². The molecule has 0 aromatic carbocycles. The van der Waals surface area contributed by atoms with E-state index in [-0.39, 0.29) is 16.6 Å². The number of rotatable bonds is 3. The second kappa shape index (κ2) is 3.88. The first-order valence-corrected chi connectivity index (χ1v) is 5.12. The van der Waals surface area contributed by atoms with Crippen LogP contribution < -0.4 is 5.73 Å².